The summed E-state index contributed by atoms with van der Waals surface area (Å²) in [4.78, 5) is 20.5. The van der Waals surface area contributed by atoms with Gasteiger partial charge in [0.2, 0.25) is 11.9 Å². The van der Waals surface area contributed by atoms with Crippen molar-refractivity contribution in [3.05, 3.63) is 58.6 Å². The van der Waals surface area contributed by atoms with Crippen LogP contribution in [0.1, 0.15) is 20.3 Å². The SMILES string of the molecule is CC1(C)N=C(N)N=C(N)N1c1cccc(OCCCOc2cccc([N+](=O)[O-])c2)c1.[Cl-]. The first kappa shape index (κ1) is 23.7. The van der Waals surface area contributed by atoms with E-state index in [-0.39, 0.29) is 30.0 Å². The van der Waals surface area contributed by atoms with E-state index in [2.05, 4.69) is 9.98 Å². The molecule has 1 aliphatic heterocycles. The van der Waals surface area contributed by atoms with Crippen LogP contribution in [0.4, 0.5) is 11.4 Å². The monoisotopic (exact) mass is 447 g/mol. The molecule has 4 N–H and O–H groups in total. The Hall–Kier alpha value is -3.53. The number of benzene rings is 2. The van der Waals surface area contributed by atoms with E-state index in [9.17, 15) is 10.1 Å². The van der Waals surface area contributed by atoms with Crippen LogP contribution in [0.3, 0.4) is 0 Å². The van der Waals surface area contributed by atoms with Crippen LogP contribution in [0.25, 0.3) is 0 Å². The van der Waals surface area contributed by atoms with Crippen LogP contribution in [0.15, 0.2) is 58.5 Å². The van der Waals surface area contributed by atoms with E-state index in [1.165, 1.54) is 12.1 Å². The van der Waals surface area contributed by atoms with Crippen molar-refractivity contribution in [2.24, 2.45) is 21.5 Å². The lowest BCUT2D eigenvalue weighted by Crippen LogP contribution is -3.00. The van der Waals surface area contributed by atoms with Crippen molar-refractivity contribution < 1.29 is 26.8 Å². The number of nitro groups is 1. The second-order valence-corrected chi connectivity index (χ2v) is 7.07. The lowest BCUT2D eigenvalue weighted by atomic mass is 10.1. The van der Waals surface area contributed by atoms with Crippen molar-refractivity contribution >= 4 is 23.3 Å². The quantitative estimate of drug-likeness (QED) is 0.319. The van der Waals surface area contributed by atoms with Gasteiger partial charge in [-0.3, -0.25) is 15.0 Å². The Labute approximate surface area is 186 Å². The van der Waals surface area contributed by atoms with Crippen molar-refractivity contribution in [3.63, 3.8) is 0 Å². The van der Waals surface area contributed by atoms with Gasteiger partial charge in [-0.15, -0.1) is 0 Å². The van der Waals surface area contributed by atoms with Crippen LogP contribution < -0.4 is 38.2 Å². The number of halogens is 1. The summed E-state index contributed by atoms with van der Waals surface area (Å²) in [5, 5.41) is 10.8. The van der Waals surface area contributed by atoms with Gasteiger partial charge in [0.05, 0.1) is 24.2 Å². The average molecular weight is 448 g/mol. The topological polar surface area (TPSA) is 142 Å². The lowest BCUT2D eigenvalue weighted by molar-refractivity contribution is -0.384. The number of anilines is 1. The highest BCUT2D eigenvalue weighted by Gasteiger charge is 2.33. The van der Waals surface area contributed by atoms with Crippen LogP contribution in [0.2, 0.25) is 0 Å². The summed E-state index contributed by atoms with van der Waals surface area (Å²) in [5.41, 5.74) is 11.9. The van der Waals surface area contributed by atoms with Crippen LogP contribution in [0.5, 0.6) is 11.5 Å². The van der Waals surface area contributed by atoms with Gasteiger partial charge in [0.15, 0.2) is 0 Å². The molecule has 0 amide bonds. The highest BCUT2D eigenvalue weighted by atomic mass is 35.5. The van der Waals surface area contributed by atoms with Gasteiger partial charge in [0.25, 0.3) is 5.69 Å². The Morgan fingerprint density at radius 3 is 2.29 bits per heavy atom. The Bertz CT molecular complexity index is 995. The van der Waals surface area contributed by atoms with Gasteiger partial charge in [-0.1, -0.05) is 12.1 Å². The Kier molecular flexibility index (Phi) is 7.65. The number of hydrogen-bond acceptors (Lipinski definition) is 9. The molecule has 0 aliphatic carbocycles. The Balaban J connectivity index is 0.00000341. The number of nitrogens with two attached hydrogens (primary N) is 2. The summed E-state index contributed by atoms with van der Waals surface area (Å²) >= 11 is 0. The van der Waals surface area contributed by atoms with Gasteiger partial charge in [-0.2, -0.15) is 4.99 Å². The van der Waals surface area contributed by atoms with Gasteiger partial charge < -0.3 is 33.3 Å². The Morgan fingerprint density at radius 1 is 1.06 bits per heavy atom. The van der Waals surface area contributed by atoms with Crippen molar-refractivity contribution in [1.82, 2.24) is 0 Å². The lowest BCUT2D eigenvalue weighted by Gasteiger charge is -2.38. The van der Waals surface area contributed by atoms with E-state index in [4.69, 9.17) is 20.9 Å². The summed E-state index contributed by atoms with van der Waals surface area (Å²) in [6.45, 7) is 4.56. The zero-order valence-corrected chi connectivity index (χ0v) is 18.0. The van der Waals surface area contributed by atoms with Crippen molar-refractivity contribution in [2.75, 3.05) is 18.1 Å². The number of aliphatic imine (C=N–C) groups is 2. The van der Waals surface area contributed by atoms with Gasteiger partial charge >= 0.3 is 0 Å². The zero-order chi connectivity index (χ0) is 21.7. The number of ether oxygens (including phenoxy) is 2. The van der Waals surface area contributed by atoms with Gasteiger partial charge in [-0.05, 0) is 32.0 Å². The predicted molar refractivity (Wildman–Crippen MR) is 115 cm³/mol. The van der Waals surface area contributed by atoms with Crippen molar-refractivity contribution in [2.45, 2.75) is 25.9 Å². The minimum absolute atomic E-state index is 0. The van der Waals surface area contributed by atoms with E-state index in [0.717, 1.165) is 5.69 Å². The van der Waals surface area contributed by atoms with E-state index in [1.54, 1.807) is 17.0 Å². The molecule has 31 heavy (non-hydrogen) atoms. The third kappa shape index (κ3) is 5.98. The molecule has 0 atom stereocenters. The normalized spacial score (nSPS) is 14.7. The van der Waals surface area contributed by atoms with E-state index < -0.39 is 10.6 Å². The predicted octanol–water partition coefficient (Wildman–Crippen LogP) is -0.368. The second kappa shape index (κ2) is 9.98. The summed E-state index contributed by atoms with van der Waals surface area (Å²) < 4.78 is 11.4. The number of rotatable bonds is 8. The molecular weight excluding hydrogens is 424 g/mol. The smallest absolute Gasteiger partial charge is 0.273 e. The molecule has 0 spiro atoms. The molecule has 0 fully saturated rings. The van der Waals surface area contributed by atoms with Gasteiger partial charge in [0.1, 0.15) is 17.2 Å². The fourth-order valence-electron chi connectivity index (χ4n) is 3.09. The fourth-order valence-corrected chi connectivity index (χ4v) is 3.09. The highest BCUT2D eigenvalue weighted by molar-refractivity contribution is 6.05. The maximum absolute atomic E-state index is 10.8. The number of non-ortho nitro benzene ring substituents is 1. The molecule has 1 aliphatic rings. The third-order valence-electron chi connectivity index (χ3n) is 4.32. The summed E-state index contributed by atoms with van der Waals surface area (Å²) in [6.07, 6.45) is 0.604. The second-order valence-electron chi connectivity index (χ2n) is 7.07. The third-order valence-corrected chi connectivity index (χ3v) is 4.32. The molecule has 0 saturated heterocycles. The van der Waals surface area contributed by atoms with Crippen molar-refractivity contribution in [3.8, 4) is 11.5 Å². The largest absolute Gasteiger partial charge is 1.00 e. The van der Waals surface area contributed by atoms with Crippen LogP contribution in [0, 0.1) is 10.1 Å². The maximum Gasteiger partial charge on any atom is 0.273 e. The summed E-state index contributed by atoms with van der Waals surface area (Å²) in [6, 6.07) is 13.5. The summed E-state index contributed by atoms with van der Waals surface area (Å²) in [5.74, 6) is 1.52. The molecule has 3 rings (SSSR count). The average Bonchev–Trinajstić information content (AvgIpc) is 2.67. The number of nitro benzene ring substituents is 1. The first-order valence-electron chi connectivity index (χ1n) is 9.36. The van der Waals surface area contributed by atoms with Crippen LogP contribution in [-0.4, -0.2) is 35.7 Å². The molecule has 0 unspecified atom stereocenters. The number of nitrogens with zero attached hydrogens (tertiary/aromatic N) is 4. The van der Waals surface area contributed by atoms with Gasteiger partial charge in [0, 0.05) is 24.2 Å². The minimum Gasteiger partial charge on any atom is -1.00 e. The fraction of sp³-hybridized carbons (Fsp3) is 0.300. The number of hydrogen-bond donors (Lipinski definition) is 2. The molecule has 0 bridgehead atoms. The summed E-state index contributed by atoms with van der Waals surface area (Å²) in [7, 11) is 0. The highest BCUT2D eigenvalue weighted by Crippen LogP contribution is 2.30. The maximum atomic E-state index is 10.8. The first-order valence-corrected chi connectivity index (χ1v) is 9.36. The molecule has 1 heterocycles. The first-order chi connectivity index (χ1) is 14.3. The molecule has 0 saturated carbocycles. The Morgan fingerprint density at radius 2 is 1.68 bits per heavy atom. The minimum atomic E-state index is -0.680. The molecule has 2 aromatic carbocycles. The molecule has 0 aromatic heterocycles. The van der Waals surface area contributed by atoms with Gasteiger partial charge in [-0.25, -0.2) is 4.99 Å². The molecule has 10 nitrogen and oxygen atoms in total. The molecule has 2 aromatic rings. The van der Waals surface area contributed by atoms with E-state index >= 15 is 0 Å². The van der Waals surface area contributed by atoms with Crippen LogP contribution in [-0.2, 0) is 0 Å². The van der Waals surface area contributed by atoms with E-state index in [1.807, 2.05) is 38.1 Å². The zero-order valence-electron chi connectivity index (χ0n) is 17.2. The van der Waals surface area contributed by atoms with E-state index in [0.29, 0.717) is 31.1 Å². The molecule has 166 valence electrons. The standard InChI is InChI=1S/C20H24N6O4.ClH/c1-20(2)24-18(21)23-19(22)25(20)14-6-3-8-16(12-14)29-10-5-11-30-17-9-4-7-15(13-17)26(27)28;/h3-4,6-9,12-13H,5,10-11H2,1-2H3,(H4,21,22,23,24);1H/p-1. The van der Waals surface area contributed by atoms with Crippen LogP contribution >= 0.6 is 0 Å². The van der Waals surface area contributed by atoms with Crippen molar-refractivity contribution in [1.29, 1.82) is 0 Å². The molecule has 11 heteroatoms. The number of guanidine groups is 2. The molecule has 0 radical (unpaired) electrons. The molecular formula is C20H24ClN6O4-.